The van der Waals surface area contributed by atoms with Crippen molar-refractivity contribution < 1.29 is 13.9 Å². The lowest BCUT2D eigenvalue weighted by molar-refractivity contribution is -0.120. The molecule has 144 valence electrons. The van der Waals surface area contributed by atoms with Crippen molar-refractivity contribution in [3.8, 4) is 5.75 Å². The maximum absolute atomic E-state index is 13.1. The first-order valence-electron chi connectivity index (χ1n) is 9.35. The SMILES string of the molecule is CCOc1ccccc1NC(=O)C(C)N1CCN(c2ccc(F)cc2)CC1. The van der Waals surface area contributed by atoms with Crippen molar-refractivity contribution in [3.63, 3.8) is 0 Å². The molecule has 1 unspecified atom stereocenters. The Bertz CT molecular complexity index is 758. The van der Waals surface area contributed by atoms with E-state index >= 15 is 0 Å². The van der Waals surface area contributed by atoms with Gasteiger partial charge in [0.2, 0.25) is 5.91 Å². The molecule has 3 rings (SSSR count). The van der Waals surface area contributed by atoms with Crippen LogP contribution in [0.1, 0.15) is 13.8 Å². The highest BCUT2D eigenvalue weighted by molar-refractivity contribution is 5.95. The number of anilines is 2. The van der Waals surface area contributed by atoms with E-state index in [1.807, 2.05) is 38.1 Å². The van der Waals surface area contributed by atoms with Gasteiger partial charge in [0, 0.05) is 31.9 Å². The van der Waals surface area contributed by atoms with Crippen LogP contribution in [0.25, 0.3) is 0 Å². The summed E-state index contributed by atoms with van der Waals surface area (Å²) in [6, 6.07) is 13.8. The number of halogens is 1. The van der Waals surface area contributed by atoms with Gasteiger partial charge in [0.05, 0.1) is 18.3 Å². The van der Waals surface area contributed by atoms with Gasteiger partial charge < -0.3 is 15.0 Å². The Labute approximate surface area is 159 Å². The summed E-state index contributed by atoms with van der Waals surface area (Å²) in [5, 5.41) is 2.98. The van der Waals surface area contributed by atoms with Gasteiger partial charge in [0.15, 0.2) is 0 Å². The number of benzene rings is 2. The lowest BCUT2D eigenvalue weighted by atomic mass is 10.2. The maximum Gasteiger partial charge on any atom is 0.241 e. The van der Waals surface area contributed by atoms with Crippen molar-refractivity contribution in [2.75, 3.05) is 43.0 Å². The summed E-state index contributed by atoms with van der Waals surface area (Å²) in [7, 11) is 0. The predicted molar refractivity (Wildman–Crippen MR) is 106 cm³/mol. The average molecular weight is 371 g/mol. The summed E-state index contributed by atoms with van der Waals surface area (Å²) in [4.78, 5) is 17.1. The number of para-hydroxylation sites is 2. The second-order valence-corrected chi connectivity index (χ2v) is 6.59. The number of nitrogens with one attached hydrogen (secondary N) is 1. The molecular formula is C21H26FN3O2. The topological polar surface area (TPSA) is 44.8 Å². The van der Waals surface area contributed by atoms with Crippen LogP contribution >= 0.6 is 0 Å². The first-order chi connectivity index (χ1) is 13.1. The fraction of sp³-hybridized carbons (Fsp3) is 0.381. The third kappa shape index (κ3) is 4.77. The zero-order valence-electron chi connectivity index (χ0n) is 15.8. The van der Waals surface area contributed by atoms with Crippen LogP contribution in [0.15, 0.2) is 48.5 Å². The van der Waals surface area contributed by atoms with Crippen molar-refractivity contribution in [1.29, 1.82) is 0 Å². The number of carbonyl (C=O) groups is 1. The van der Waals surface area contributed by atoms with Gasteiger partial charge in [-0.05, 0) is 50.2 Å². The summed E-state index contributed by atoms with van der Waals surface area (Å²) in [6.45, 7) is 7.55. The van der Waals surface area contributed by atoms with Gasteiger partial charge in [-0.1, -0.05) is 12.1 Å². The van der Waals surface area contributed by atoms with Crippen LogP contribution in [-0.4, -0.2) is 49.6 Å². The number of piperazine rings is 1. The van der Waals surface area contributed by atoms with Crippen LogP contribution in [0.5, 0.6) is 5.75 Å². The Balaban J connectivity index is 1.56. The molecule has 27 heavy (non-hydrogen) atoms. The van der Waals surface area contributed by atoms with Gasteiger partial charge in [-0.25, -0.2) is 4.39 Å². The number of nitrogens with zero attached hydrogens (tertiary/aromatic N) is 2. The molecule has 1 saturated heterocycles. The first kappa shape index (κ1) is 19.2. The van der Waals surface area contributed by atoms with Crippen molar-refractivity contribution >= 4 is 17.3 Å². The molecule has 1 aliphatic rings. The monoisotopic (exact) mass is 371 g/mol. The molecule has 0 aliphatic carbocycles. The molecule has 1 atom stereocenters. The highest BCUT2D eigenvalue weighted by Crippen LogP contribution is 2.24. The molecular weight excluding hydrogens is 345 g/mol. The maximum atomic E-state index is 13.1. The second-order valence-electron chi connectivity index (χ2n) is 6.59. The zero-order chi connectivity index (χ0) is 19.2. The van der Waals surface area contributed by atoms with Gasteiger partial charge in [-0.2, -0.15) is 0 Å². The van der Waals surface area contributed by atoms with Gasteiger partial charge in [-0.3, -0.25) is 9.69 Å². The van der Waals surface area contributed by atoms with E-state index in [-0.39, 0.29) is 17.8 Å². The van der Waals surface area contributed by atoms with E-state index in [0.29, 0.717) is 18.0 Å². The van der Waals surface area contributed by atoms with E-state index < -0.39 is 0 Å². The van der Waals surface area contributed by atoms with Gasteiger partial charge in [0.25, 0.3) is 0 Å². The van der Waals surface area contributed by atoms with Crippen molar-refractivity contribution in [3.05, 3.63) is 54.3 Å². The lowest BCUT2D eigenvalue weighted by Crippen LogP contribution is -2.52. The standard InChI is InChI=1S/C21H26FN3O2/c1-3-27-20-7-5-4-6-19(20)23-21(26)16(2)24-12-14-25(15-13-24)18-10-8-17(22)9-11-18/h4-11,16H,3,12-15H2,1-2H3,(H,23,26). The minimum atomic E-state index is -0.241. The molecule has 0 aromatic heterocycles. The molecule has 0 spiro atoms. The Morgan fingerprint density at radius 1 is 1.11 bits per heavy atom. The highest BCUT2D eigenvalue weighted by atomic mass is 19.1. The summed E-state index contributed by atoms with van der Waals surface area (Å²) in [6.07, 6.45) is 0. The van der Waals surface area contributed by atoms with Crippen LogP contribution in [0.3, 0.4) is 0 Å². The number of ether oxygens (including phenoxy) is 1. The molecule has 5 nitrogen and oxygen atoms in total. The number of hydrogen-bond donors (Lipinski definition) is 1. The van der Waals surface area contributed by atoms with E-state index in [1.54, 1.807) is 12.1 Å². The number of carbonyl (C=O) groups excluding carboxylic acids is 1. The normalized spacial score (nSPS) is 16.0. The Morgan fingerprint density at radius 2 is 1.78 bits per heavy atom. The van der Waals surface area contributed by atoms with E-state index in [1.165, 1.54) is 12.1 Å². The van der Waals surface area contributed by atoms with Crippen molar-refractivity contribution in [1.82, 2.24) is 4.90 Å². The fourth-order valence-electron chi connectivity index (χ4n) is 3.27. The molecule has 2 aromatic carbocycles. The molecule has 1 N–H and O–H groups in total. The van der Waals surface area contributed by atoms with E-state index in [2.05, 4.69) is 15.1 Å². The van der Waals surface area contributed by atoms with E-state index in [9.17, 15) is 9.18 Å². The molecule has 0 radical (unpaired) electrons. The average Bonchev–Trinajstić information content (AvgIpc) is 2.70. The van der Waals surface area contributed by atoms with Crippen LogP contribution in [0.2, 0.25) is 0 Å². The van der Waals surface area contributed by atoms with E-state index in [4.69, 9.17) is 4.74 Å². The number of hydrogen-bond acceptors (Lipinski definition) is 4. The van der Waals surface area contributed by atoms with Crippen LogP contribution in [-0.2, 0) is 4.79 Å². The number of rotatable bonds is 6. The third-order valence-electron chi connectivity index (χ3n) is 4.88. The Kier molecular flexibility index (Phi) is 6.29. The minimum absolute atomic E-state index is 0.0441. The van der Waals surface area contributed by atoms with Gasteiger partial charge in [-0.15, -0.1) is 0 Å². The molecule has 1 heterocycles. The number of amides is 1. The molecule has 1 amide bonds. The summed E-state index contributed by atoms with van der Waals surface area (Å²) in [5.74, 6) is 0.411. The quantitative estimate of drug-likeness (QED) is 0.846. The zero-order valence-corrected chi connectivity index (χ0v) is 15.8. The first-order valence-corrected chi connectivity index (χ1v) is 9.35. The fourth-order valence-corrected chi connectivity index (χ4v) is 3.27. The smallest absolute Gasteiger partial charge is 0.241 e. The minimum Gasteiger partial charge on any atom is -0.492 e. The Hall–Kier alpha value is -2.60. The van der Waals surface area contributed by atoms with Crippen LogP contribution in [0, 0.1) is 5.82 Å². The molecule has 6 heteroatoms. The second kappa shape index (κ2) is 8.86. The molecule has 2 aromatic rings. The third-order valence-corrected chi connectivity index (χ3v) is 4.88. The molecule has 0 bridgehead atoms. The van der Waals surface area contributed by atoms with E-state index in [0.717, 1.165) is 31.9 Å². The predicted octanol–water partition coefficient (Wildman–Crippen LogP) is 3.37. The lowest BCUT2D eigenvalue weighted by Gasteiger charge is -2.38. The Morgan fingerprint density at radius 3 is 2.44 bits per heavy atom. The van der Waals surface area contributed by atoms with Gasteiger partial charge in [0.1, 0.15) is 11.6 Å². The van der Waals surface area contributed by atoms with Crippen molar-refractivity contribution in [2.24, 2.45) is 0 Å². The van der Waals surface area contributed by atoms with Crippen LogP contribution in [0.4, 0.5) is 15.8 Å². The molecule has 1 aliphatic heterocycles. The molecule has 1 fully saturated rings. The summed E-state index contributed by atoms with van der Waals surface area (Å²) < 4.78 is 18.7. The highest BCUT2D eigenvalue weighted by Gasteiger charge is 2.26. The summed E-state index contributed by atoms with van der Waals surface area (Å²) in [5.41, 5.74) is 1.71. The summed E-state index contributed by atoms with van der Waals surface area (Å²) >= 11 is 0. The van der Waals surface area contributed by atoms with Crippen molar-refractivity contribution in [2.45, 2.75) is 19.9 Å². The molecule has 0 saturated carbocycles. The largest absolute Gasteiger partial charge is 0.492 e. The van der Waals surface area contributed by atoms with Crippen LogP contribution < -0.4 is 15.0 Å². The van der Waals surface area contributed by atoms with Gasteiger partial charge >= 0.3 is 0 Å².